The molecule has 0 bridgehead atoms. The summed E-state index contributed by atoms with van der Waals surface area (Å²) in [6.07, 6.45) is 8.95. The van der Waals surface area contributed by atoms with E-state index in [1.54, 1.807) is 6.20 Å². The van der Waals surface area contributed by atoms with Crippen LogP contribution in [0.1, 0.15) is 35.1 Å². The quantitative estimate of drug-likeness (QED) is 0.777. The van der Waals surface area contributed by atoms with Gasteiger partial charge in [-0.25, -0.2) is 18.8 Å². The number of nitrogens with one attached hydrogen (secondary N) is 1. The smallest absolute Gasteiger partial charge is 0.354 e. The molecule has 0 saturated carbocycles. The number of benzene rings is 1. The third-order valence-electron chi connectivity index (χ3n) is 5.84. The zero-order valence-corrected chi connectivity index (χ0v) is 17.5. The summed E-state index contributed by atoms with van der Waals surface area (Å²) in [5, 5.41) is 13.0. The van der Waals surface area contributed by atoms with E-state index in [-0.39, 0.29) is 17.4 Å². The number of carbonyl (C=O) groups excluding carboxylic acids is 1. The highest BCUT2D eigenvalue weighted by molar-refractivity contribution is 7.91. The number of urea groups is 1. The van der Waals surface area contributed by atoms with Gasteiger partial charge in [-0.1, -0.05) is 6.07 Å². The minimum Gasteiger partial charge on any atom is -0.496 e. The number of nitrogens with zero attached hydrogens (tertiary/aromatic N) is 3. The van der Waals surface area contributed by atoms with Crippen LogP contribution >= 0.6 is 0 Å². The Bertz CT molecular complexity index is 1170. The van der Waals surface area contributed by atoms with Gasteiger partial charge in [0.15, 0.2) is 15.7 Å². The van der Waals surface area contributed by atoms with Crippen LogP contribution in [-0.2, 0) is 40.3 Å². The molecular weight excluding hydrogens is 406 g/mol. The van der Waals surface area contributed by atoms with E-state index in [1.165, 1.54) is 40.2 Å². The fourth-order valence-electron chi connectivity index (χ4n) is 4.46. The zero-order valence-electron chi connectivity index (χ0n) is 16.6. The summed E-state index contributed by atoms with van der Waals surface area (Å²) in [7, 11) is -2.02. The Kier molecular flexibility index (Phi) is 4.55. The zero-order chi connectivity index (χ0) is 20.9. The summed E-state index contributed by atoms with van der Waals surface area (Å²) in [6, 6.07) is 1.56. The van der Waals surface area contributed by atoms with Crippen LogP contribution in [0.5, 0.6) is 5.88 Å². The molecule has 2 heterocycles. The maximum absolute atomic E-state index is 13.1. The second-order valence-electron chi connectivity index (χ2n) is 7.67. The van der Waals surface area contributed by atoms with Crippen LogP contribution in [0.25, 0.3) is 6.20 Å². The first kappa shape index (κ1) is 19.1. The number of nitrogens with two attached hydrogens (primary N) is 1. The van der Waals surface area contributed by atoms with Crippen LogP contribution < -0.4 is 15.2 Å². The molecule has 3 N–H and O–H groups in total. The molecule has 0 spiro atoms. The first-order chi connectivity index (χ1) is 14.5. The Morgan fingerprint density at radius 1 is 1.27 bits per heavy atom. The molecule has 0 radical (unpaired) electrons. The van der Waals surface area contributed by atoms with Gasteiger partial charge in [0.2, 0.25) is 5.88 Å². The van der Waals surface area contributed by atoms with Gasteiger partial charge in [-0.15, -0.1) is 4.36 Å². The van der Waals surface area contributed by atoms with Crippen LogP contribution in [0.4, 0.5) is 10.5 Å². The molecule has 3 aliphatic rings. The van der Waals surface area contributed by atoms with Crippen molar-refractivity contribution in [3.8, 4) is 5.88 Å². The molecule has 0 fully saturated rings. The first-order valence-corrected chi connectivity index (χ1v) is 11.5. The number of amides is 2. The second kappa shape index (κ2) is 7.13. The second-order valence-corrected chi connectivity index (χ2v) is 9.43. The lowest BCUT2D eigenvalue weighted by Crippen LogP contribution is -2.20. The third kappa shape index (κ3) is 3.16. The van der Waals surface area contributed by atoms with Crippen molar-refractivity contribution < 1.29 is 18.5 Å². The summed E-state index contributed by atoms with van der Waals surface area (Å²) < 4.78 is 29.0. The Morgan fingerprint density at radius 2 is 1.97 bits per heavy atom. The van der Waals surface area contributed by atoms with Crippen molar-refractivity contribution in [2.24, 2.45) is 9.50 Å². The predicted octanol–water partition coefficient (Wildman–Crippen LogP) is 2.63. The van der Waals surface area contributed by atoms with Gasteiger partial charge in [0, 0.05) is 5.69 Å². The van der Waals surface area contributed by atoms with Crippen molar-refractivity contribution in [2.75, 3.05) is 19.0 Å². The SMILES string of the molecule is COC1=Cn2ncc(S(N)(=O)=NC(=O)Nc3c4c(cc5c3CCC5)CCC4)c2OC1. The number of methoxy groups -OCH3 is 1. The molecule has 2 amide bonds. The predicted molar refractivity (Wildman–Crippen MR) is 112 cm³/mol. The van der Waals surface area contributed by atoms with Crippen molar-refractivity contribution in [3.05, 3.63) is 40.3 Å². The van der Waals surface area contributed by atoms with Crippen LogP contribution in [-0.4, -0.2) is 33.7 Å². The minimum absolute atomic E-state index is 0.0765. The molecule has 1 unspecified atom stereocenters. The average Bonchev–Trinajstić information content (AvgIpc) is 3.45. The van der Waals surface area contributed by atoms with Crippen LogP contribution in [0.15, 0.2) is 27.3 Å². The maximum Gasteiger partial charge on any atom is 0.354 e. The van der Waals surface area contributed by atoms with Crippen LogP contribution in [0, 0.1) is 0 Å². The van der Waals surface area contributed by atoms with Crippen molar-refractivity contribution in [3.63, 3.8) is 0 Å². The number of carbonyl (C=O) groups is 1. The maximum atomic E-state index is 13.1. The molecule has 0 saturated heterocycles. The van der Waals surface area contributed by atoms with E-state index in [0.29, 0.717) is 5.76 Å². The molecule has 9 nitrogen and oxygen atoms in total. The van der Waals surface area contributed by atoms with E-state index in [2.05, 4.69) is 20.8 Å². The Hall–Kier alpha value is -2.85. The van der Waals surface area contributed by atoms with E-state index < -0.39 is 15.9 Å². The summed E-state index contributed by atoms with van der Waals surface area (Å²) in [4.78, 5) is 12.8. The number of aryl methyl sites for hydroxylation is 2. The molecular formula is C20H23N5O4S. The van der Waals surface area contributed by atoms with Crippen LogP contribution in [0.2, 0.25) is 0 Å². The molecule has 2 aromatic rings. The van der Waals surface area contributed by atoms with Crippen LogP contribution in [0.3, 0.4) is 0 Å². The molecule has 5 rings (SSSR count). The third-order valence-corrected chi connectivity index (χ3v) is 7.18. The molecule has 158 valence electrons. The number of aromatic nitrogens is 2. The lowest BCUT2D eigenvalue weighted by molar-refractivity contribution is 0.201. The van der Waals surface area contributed by atoms with Crippen molar-refractivity contribution in [1.82, 2.24) is 9.78 Å². The molecule has 1 aromatic heterocycles. The normalized spacial score (nSPS) is 18.4. The van der Waals surface area contributed by atoms with Gasteiger partial charge in [-0.3, -0.25) is 0 Å². The topological polar surface area (TPSA) is 121 Å². The van der Waals surface area contributed by atoms with Gasteiger partial charge in [0.25, 0.3) is 0 Å². The van der Waals surface area contributed by atoms with E-state index in [1.807, 2.05) is 0 Å². The fourth-order valence-corrected chi connectivity index (χ4v) is 5.45. The van der Waals surface area contributed by atoms with Crippen molar-refractivity contribution >= 4 is 27.8 Å². The number of hydrogen-bond acceptors (Lipinski definition) is 5. The highest BCUT2D eigenvalue weighted by atomic mass is 32.2. The summed E-state index contributed by atoms with van der Waals surface area (Å²) in [5.41, 5.74) is 5.76. The van der Waals surface area contributed by atoms with Gasteiger partial charge in [-0.2, -0.15) is 5.10 Å². The highest BCUT2D eigenvalue weighted by Crippen LogP contribution is 2.38. The van der Waals surface area contributed by atoms with Gasteiger partial charge in [0.1, 0.15) is 11.5 Å². The Balaban J connectivity index is 1.47. The summed E-state index contributed by atoms with van der Waals surface area (Å²) in [5.74, 6) is 0.753. The average molecular weight is 430 g/mol. The van der Waals surface area contributed by atoms with E-state index in [0.717, 1.165) is 44.2 Å². The molecule has 1 atom stereocenters. The van der Waals surface area contributed by atoms with Gasteiger partial charge in [-0.05, 0) is 60.8 Å². The largest absolute Gasteiger partial charge is 0.496 e. The van der Waals surface area contributed by atoms with Crippen molar-refractivity contribution in [2.45, 2.75) is 43.4 Å². The van der Waals surface area contributed by atoms with Gasteiger partial charge >= 0.3 is 6.03 Å². The molecule has 2 aliphatic carbocycles. The minimum atomic E-state index is -3.55. The summed E-state index contributed by atoms with van der Waals surface area (Å²) in [6.45, 7) is 0.152. The van der Waals surface area contributed by atoms with E-state index >= 15 is 0 Å². The Labute approximate surface area is 174 Å². The molecule has 1 aliphatic heterocycles. The van der Waals surface area contributed by atoms with Gasteiger partial charge in [0.05, 0.1) is 19.5 Å². The molecule has 1 aromatic carbocycles. The standard InChI is InChI=1S/C20H23N5O4S/c1-28-14-10-25-19(29-11-14)17(9-22-25)30(21,27)24-20(26)23-18-15-6-2-4-12(15)8-13-5-3-7-16(13)18/h8-10H,2-7,11H2,1H3,(H3,21,23,24,26,27). The first-order valence-electron chi connectivity index (χ1n) is 9.93. The van der Waals surface area contributed by atoms with Gasteiger partial charge < -0.3 is 14.8 Å². The summed E-state index contributed by atoms with van der Waals surface area (Å²) >= 11 is 0. The highest BCUT2D eigenvalue weighted by Gasteiger charge is 2.27. The number of hydrogen-bond donors (Lipinski definition) is 2. The molecule has 30 heavy (non-hydrogen) atoms. The lowest BCUT2D eigenvalue weighted by atomic mass is 9.99. The number of anilines is 1. The fraction of sp³-hybridized carbons (Fsp3) is 0.400. The van der Waals surface area contributed by atoms with E-state index in [9.17, 15) is 9.00 Å². The Morgan fingerprint density at radius 3 is 2.63 bits per heavy atom. The number of rotatable bonds is 3. The monoisotopic (exact) mass is 429 g/mol. The van der Waals surface area contributed by atoms with Crippen molar-refractivity contribution in [1.29, 1.82) is 0 Å². The number of fused-ring (bicyclic) bond motifs is 3. The lowest BCUT2D eigenvalue weighted by Gasteiger charge is -2.16. The molecule has 10 heteroatoms. The number of ether oxygens (including phenoxy) is 2. The van der Waals surface area contributed by atoms with E-state index in [4.69, 9.17) is 14.6 Å².